The zero-order valence-electron chi connectivity index (χ0n) is 13.1. The van der Waals surface area contributed by atoms with E-state index >= 15 is 0 Å². The number of H-pyrrole nitrogens is 1. The minimum absolute atomic E-state index is 0.157. The molecule has 2 N–H and O–H groups in total. The molecule has 0 spiro atoms. The Morgan fingerprint density at radius 3 is 2.83 bits per heavy atom. The molecule has 0 saturated heterocycles. The van der Waals surface area contributed by atoms with E-state index in [9.17, 15) is 4.39 Å². The van der Waals surface area contributed by atoms with Crippen LogP contribution in [0, 0.1) is 5.82 Å². The number of fused-ring (bicyclic) bond motifs is 1. The lowest BCUT2D eigenvalue weighted by molar-refractivity contribution is 0.518. The monoisotopic (exact) mass is 308 g/mol. The zero-order valence-corrected chi connectivity index (χ0v) is 13.1. The molecule has 1 heterocycles. The van der Waals surface area contributed by atoms with Crippen molar-refractivity contribution >= 4 is 10.9 Å². The van der Waals surface area contributed by atoms with E-state index in [0.717, 1.165) is 30.3 Å². The number of hydrogen-bond donors (Lipinski definition) is 2. The second kappa shape index (κ2) is 6.17. The average molecular weight is 308 g/mol. The molecule has 3 aromatic rings. The largest absolute Gasteiger partial charge is 0.361 e. The third-order valence-corrected chi connectivity index (χ3v) is 4.99. The van der Waals surface area contributed by atoms with Gasteiger partial charge in [-0.3, -0.25) is 0 Å². The van der Waals surface area contributed by atoms with Crippen molar-refractivity contribution in [2.75, 3.05) is 0 Å². The first-order valence-corrected chi connectivity index (χ1v) is 8.33. The van der Waals surface area contributed by atoms with E-state index in [2.05, 4.69) is 40.8 Å². The van der Waals surface area contributed by atoms with Crippen LogP contribution in [0.3, 0.4) is 0 Å². The summed E-state index contributed by atoms with van der Waals surface area (Å²) in [5.74, 6) is 0.355. The van der Waals surface area contributed by atoms with Crippen LogP contribution in [-0.2, 0) is 6.54 Å². The molecule has 1 aromatic heterocycles. The van der Waals surface area contributed by atoms with Gasteiger partial charge in [-0.1, -0.05) is 30.3 Å². The molecule has 1 aliphatic rings. The van der Waals surface area contributed by atoms with Crippen molar-refractivity contribution in [1.82, 2.24) is 10.3 Å². The summed E-state index contributed by atoms with van der Waals surface area (Å²) in [6.45, 7) is 0.917. The predicted octanol–water partition coefficient (Wildman–Crippen LogP) is 4.73. The summed E-state index contributed by atoms with van der Waals surface area (Å²) in [4.78, 5) is 3.28. The number of aromatic nitrogens is 1. The smallest absolute Gasteiger partial charge is 0.123 e. The molecule has 2 nitrogen and oxygen atoms in total. The van der Waals surface area contributed by atoms with Crippen LogP contribution in [0.2, 0.25) is 0 Å². The van der Waals surface area contributed by atoms with Gasteiger partial charge in [0.1, 0.15) is 5.82 Å². The molecule has 1 fully saturated rings. The van der Waals surface area contributed by atoms with Crippen LogP contribution >= 0.6 is 0 Å². The second-order valence-electron chi connectivity index (χ2n) is 6.51. The Morgan fingerprint density at radius 2 is 1.96 bits per heavy atom. The normalized spacial score (nSPS) is 21.1. The molecule has 2 atom stereocenters. The highest BCUT2D eigenvalue weighted by molar-refractivity contribution is 5.83. The molecular weight excluding hydrogens is 287 g/mol. The van der Waals surface area contributed by atoms with Gasteiger partial charge in [-0.05, 0) is 54.5 Å². The molecule has 1 aliphatic carbocycles. The molecule has 0 aliphatic heterocycles. The van der Waals surface area contributed by atoms with Crippen molar-refractivity contribution in [1.29, 1.82) is 0 Å². The lowest BCUT2D eigenvalue weighted by atomic mass is 9.97. The minimum Gasteiger partial charge on any atom is -0.361 e. The van der Waals surface area contributed by atoms with Crippen LogP contribution in [0.4, 0.5) is 4.39 Å². The van der Waals surface area contributed by atoms with E-state index in [-0.39, 0.29) is 5.82 Å². The summed E-state index contributed by atoms with van der Waals surface area (Å²) in [6.07, 6.45) is 5.53. The highest BCUT2D eigenvalue weighted by Crippen LogP contribution is 2.38. The molecule has 3 heteroatoms. The quantitative estimate of drug-likeness (QED) is 0.716. The molecule has 0 radical (unpaired) electrons. The van der Waals surface area contributed by atoms with Crippen molar-refractivity contribution in [3.05, 3.63) is 71.7 Å². The first-order valence-electron chi connectivity index (χ1n) is 8.33. The summed E-state index contributed by atoms with van der Waals surface area (Å²) in [5, 5.41) is 4.71. The molecule has 1 saturated carbocycles. The Kier molecular flexibility index (Phi) is 3.88. The number of nitrogens with one attached hydrogen (secondary N) is 2. The molecule has 0 bridgehead atoms. The summed E-state index contributed by atoms with van der Waals surface area (Å²) in [7, 11) is 0. The van der Waals surface area contributed by atoms with E-state index in [4.69, 9.17) is 0 Å². The number of halogens is 1. The number of aromatic amines is 1. The SMILES string of the molecule is Fc1ccc2[nH]cc([C@@H]3CC[C@@H](NCc4ccccc4)C3)c2c1. The molecule has 118 valence electrons. The van der Waals surface area contributed by atoms with Gasteiger partial charge in [0.25, 0.3) is 0 Å². The van der Waals surface area contributed by atoms with Crippen LogP contribution in [0.5, 0.6) is 0 Å². The van der Waals surface area contributed by atoms with E-state index in [0.29, 0.717) is 12.0 Å². The summed E-state index contributed by atoms with van der Waals surface area (Å²) in [6, 6.07) is 16.1. The van der Waals surface area contributed by atoms with Gasteiger partial charge in [0, 0.05) is 29.7 Å². The van der Waals surface area contributed by atoms with Gasteiger partial charge in [-0.2, -0.15) is 0 Å². The maximum absolute atomic E-state index is 13.5. The van der Waals surface area contributed by atoms with Gasteiger partial charge in [-0.25, -0.2) is 4.39 Å². The van der Waals surface area contributed by atoms with Gasteiger partial charge in [-0.15, -0.1) is 0 Å². The summed E-state index contributed by atoms with van der Waals surface area (Å²) < 4.78 is 13.5. The average Bonchev–Trinajstić information content (AvgIpc) is 3.20. The Bertz CT molecular complexity index is 794. The third kappa shape index (κ3) is 3.02. The van der Waals surface area contributed by atoms with Crippen LogP contribution in [0.25, 0.3) is 10.9 Å². The van der Waals surface area contributed by atoms with Crippen molar-refractivity contribution in [2.45, 2.75) is 37.8 Å². The highest BCUT2D eigenvalue weighted by Gasteiger charge is 2.27. The molecule has 23 heavy (non-hydrogen) atoms. The number of hydrogen-bond acceptors (Lipinski definition) is 1. The van der Waals surface area contributed by atoms with Crippen LogP contribution in [0.15, 0.2) is 54.7 Å². The Morgan fingerprint density at radius 1 is 1.09 bits per heavy atom. The third-order valence-electron chi connectivity index (χ3n) is 4.99. The molecule has 4 rings (SSSR count). The van der Waals surface area contributed by atoms with Crippen LogP contribution in [0.1, 0.15) is 36.3 Å². The zero-order chi connectivity index (χ0) is 15.6. The summed E-state index contributed by atoms with van der Waals surface area (Å²) >= 11 is 0. The van der Waals surface area contributed by atoms with Gasteiger partial charge < -0.3 is 10.3 Å². The standard InChI is InChI=1S/C20H21FN2/c21-16-7-9-20-18(11-16)19(13-23-20)15-6-8-17(10-15)22-12-14-4-2-1-3-5-14/h1-5,7,9,11,13,15,17,22-23H,6,8,10,12H2/t15-,17-/m1/s1. The van der Waals surface area contributed by atoms with E-state index in [1.807, 2.05) is 12.1 Å². The fourth-order valence-electron chi connectivity index (χ4n) is 3.76. The van der Waals surface area contributed by atoms with Gasteiger partial charge in [0.2, 0.25) is 0 Å². The topological polar surface area (TPSA) is 27.8 Å². The predicted molar refractivity (Wildman–Crippen MR) is 91.9 cm³/mol. The summed E-state index contributed by atoms with van der Waals surface area (Å²) in [5.41, 5.74) is 3.62. The lowest BCUT2D eigenvalue weighted by Gasteiger charge is -2.13. The Hall–Kier alpha value is -2.13. The molecule has 2 aromatic carbocycles. The van der Waals surface area contributed by atoms with Crippen molar-refractivity contribution in [2.24, 2.45) is 0 Å². The van der Waals surface area contributed by atoms with Crippen LogP contribution in [-0.4, -0.2) is 11.0 Å². The second-order valence-corrected chi connectivity index (χ2v) is 6.51. The fourth-order valence-corrected chi connectivity index (χ4v) is 3.76. The minimum atomic E-state index is -0.157. The van der Waals surface area contributed by atoms with Crippen molar-refractivity contribution < 1.29 is 4.39 Å². The van der Waals surface area contributed by atoms with Crippen molar-refractivity contribution in [3.8, 4) is 0 Å². The first-order chi connectivity index (χ1) is 11.3. The van der Waals surface area contributed by atoms with E-state index in [1.165, 1.54) is 23.6 Å². The van der Waals surface area contributed by atoms with Gasteiger partial charge >= 0.3 is 0 Å². The highest BCUT2D eigenvalue weighted by atomic mass is 19.1. The Labute approximate surface area is 135 Å². The van der Waals surface area contributed by atoms with Crippen LogP contribution < -0.4 is 5.32 Å². The Balaban J connectivity index is 1.44. The molecule has 0 amide bonds. The van der Waals surface area contributed by atoms with Gasteiger partial charge in [0.15, 0.2) is 0 Å². The maximum atomic E-state index is 13.5. The van der Waals surface area contributed by atoms with Crippen molar-refractivity contribution in [3.63, 3.8) is 0 Å². The fraction of sp³-hybridized carbons (Fsp3) is 0.300. The number of benzene rings is 2. The lowest BCUT2D eigenvalue weighted by Crippen LogP contribution is -2.25. The van der Waals surface area contributed by atoms with E-state index in [1.54, 1.807) is 6.07 Å². The van der Waals surface area contributed by atoms with E-state index < -0.39 is 0 Å². The first kappa shape index (κ1) is 14.5. The maximum Gasteiger partial charge on any atom is 0.123 e. The van der Waals surface area contributed by atoms with Gasteiger partial charge in [0.05, 0.1) is 0 Å². The molecule has 0 unspecified atom stereocenters. The number of rotatable bonds is 4. The molecular formula is C20H21FN2.